The summed E-state index contributed by atoms with van der Waals surface area (Å²) in [5.74, 6) is 0. The third-order valence-corrected chi connectivity index (χ3v) is 6.54. The molecular formula is C27H39Eu. The first-order chi connectivity index (χ1) is 12.4. The SMILES string of the molecule is Cc1c[c-](C)c(C)c1C.Cc1c[c-](C)c(C)c1C.Cc1c[c-](C)c(C)c1C.[Eu+3]. The second kappa shape index (κ2) is 11.7. The summed E-state index contributed by atoms with van der Waals surface area (Å²) in [5, 5.41) is 0. The van der Waals surface area contributed by atoms with Crippen LogP contribution in [0.4, 0.5) is 0 Å². The average Bonchev–Trinajstić information content (AvgIpc) is 3.07. The summed E-state index contributed by atoms with van der Waals surface area (Å²) in [6.45, 7) is 26.0. The molecule has 0 spiro atoms. The predicted octanol–water partition coefficient (Wildman–Crippen LogP) is 7.92. The summed E-state index contributed by atoms with van der Waals surface area (Å²) in [5.41, 5.74) is 17.2. The summed E-state index contributed by atoms with van der Waals surface area (Å²) in [6.07, 6.45) is 0. The summed E-state index contributed by atoms with van der Waals surface area (Å²) in [7, 11) is 0. The van der Waals surface area contributed by atoms with Crippen molar-refractivity contribution in [2.75, 3.05) is 0 Å². The van der Waals surface area contributed by atoms with Crippen LogP contribution in [0.25, 0.3) is 0 Å². The van der Waals surface area contributed by atoms with E-state index in [1.807, 2.05) is 0 Å². The van der Waals surface area contributed by atoms with E-state index in [0.29, 0.717) is 0 Å². The zero-order chi connectivity index (χ0) is 21.0. The van der Waals surface area contributed by atoms with Gasteiger partial charge in [-0.3, -0.25) is 0 Å². The maximum absolute atomic E-state index is 2.24. The third kappa shape index (κ3) is 6.86. The Balaban J connectivity index is 0.000000384. The molecular weight excluding hydrogens is 476 g/mol. The molecule has 0 heterocycles. The first-order valence-corrected chi connectivity index (χ1v) is 9.98. The molecule has 0 atom stereocenters. The van der Waals surface area contributed by atoms with Crippen molar-refractivity contribution in [2.24, 2.45) is 0 Å². The van der Waals surface area contributed by atoms with Gasteiger partial charge >= 0.3 is 49.4 Å². The molecule has 0 amide bonds. The topological polar surface area (TPSA) is 0 Å². The first-order valence-electron chi connectivity index (χ1n) is 9.98. The maximum atomic E-state index is 2.24. The average molecular weight is 516 g/mol. The molecule has 3 aromatic carbocycles. The maximum Gasteiger partial charge on any atom is 3.00 e. The predicted molar refractivity (Wildman–Crippen MR) is 123 cm³/mol. The monoisotopic (exact) mass is 516 g/mol. The van der Waals surface area contributed by atoms with Gasteiger partial charge in [0.15, 0.2) is 0 Å². The van der Waals surface area contributed by atoms with E-state index in [4.69, 9.17) is 0 Å². The van der Waals surface area contributed by atoms with E-state index in [9.17, 15) is 0 Å². The van der Waals surface area contributed by atoms with Gasteiger partial charge in [0.1, 0.15) is 0 Å². The second-order valence-electron chi connectivity index (χ2n) is 8.28. The van der Waals surface area contributed by atoms with Crippen molar-refractivity contribution in [3.63, 3.8) is 0 Å². The van der Waals surface area contributed by atoms with Gasteiger partial charge in [-0.05, 0) is 0 Å². The number of rotatable bonds is 0. The fourth-order valence-corrected chi connectivity index (χ4v) is 3.40. The standard InChI is InChI=1S/3C9H13.Eu/c3*1-6-5-7(2)9(4)8(6)3;/h3*5H,1-4H3;/q3*-1;+3. The van der Waals surface area contributed by atoms with Gasteiger partial charge in [0.25, 0.3) is 0 Å². The molecule has 0 fully saturated rings. The molecule has 0 saturated heterocycles. The van der Waals surface area contributed by atoms with Gasteiger partial charge in [-0.2, -0.15) is 85.0 Å². The van der Waals surface area contributed by atoms with Crippen LogP contribution >= 0.6 is 0 Å². The number of aryl methyl sites for hydroxylation is 6. The van der Waals surface area contributed by atoms with Gasteiger partial charge in [-0.1, -0.05) is 83.1 Å². The molecule has 0 unspecified atom stereocenters. The Labute approximate surface area is 215 Å². The van der Waals surface area contributed by atoms with Crippen LogP contribution in [-0.2, 0) is 0 Å². The molecule has 0 saturated carbocycles. The van der Waals surface area contributed by atoms with Gasteiger partial charge in [0.05, 0.1) is 0 Å². The van der Waals surface area contributed by atoms with Crippen LogP contribution in [0.5, 0.6) is 0 Å². The van der Waals surface area contributed by atoms with Crippen LogP contribution in [0.2, 0.25) is 0 Å². The van der Waals surface area contributed by atoms with E-state index in [0.717, 1.165) is 0 Å². The fourth-order valence-electron chi connectivity index (χ4n) is 3.40. The minimum atomic E-state index is 0. The zero-order valence-corrected chi connectivity index (χ0v) is 22.5. The van der Waals surface area contributed by atoms with Crippen LogP contribution in [0.1, 0.15) is 66.8 Å². The van der Waals surface area contributed by atoms with Crippen molar-refractivity contribution >= 4 is 0 Å². The van der Waals surface area contributed by atoms with Crippen molar-refractivity contribution in [1.82, 2.24) is 0 Å². The van der Waals surface area contributed by atoms with E-state index in [1.54, 1.807) is 0 Å². The molecule has 154 valence electrons. The van der Waals surface area contributed by atoms with Crippen LogP contribution in [-0.4, -0.2) is 0 Å². The molecule has 0 nitrogen and oxygen atoms in total. The number of hydrogen-bond acceptors (Lipinski definition) is 0. The van der Waals surface area contributed by atoms with Crippen LogP contribution in [0.3, 0.4) is 0 Å². The Morgan fingerprint density at radius 2 is 0.607 bits per heavy atom. The van der Waals surface area contributed by atoms with Crippen LogP contribution < -0.4 is 0 Å². The first kappa shape index (κ1) is 27.6. The molecule has 0 N–H and O–H groups in total. The molecule has 1 heteroatoms. The van der Waals surface area contributed by atoms with E-state index < -0.39 is 0 Å². The molecule has 0 radical (unpaired) electrons. The van der Waals surface area contributed by atoms with Gasteiger partial charge in [-0.15, -0.1) is 0 Å². The normalized spacial score (nSPS) is 9.86. The van der Waals surface area contributed by atoms with Crippen molar-refractivity contribution in [1.29, 1.82) is 0 Å². The van der Waals surface area contributed by atoms with Crippen LogP contribution in [0.15, 0.2) is 18.2 Å². The number of hydrogen-bond donors (Lipinski definition) is 0. The molecule has 0 aromatic heterocycles. The van der Waals surface area contributed by atoms with Gasteiger partial charge in [-0.25, -0.2) is 0 Å². The van der Waals surface area contributed by atoms with E-state index in [2.05, 4.69) is 101 Å². The molecule has 3 rings (SSSR count). The minimum absolute atomic E-state index is 0. The van der Waals surface area contributed by atoms with Crippen molar-refractivity contribution < 1.29 is 49.4 Å². The van der Waals surface area contributed by atoms with E-state index >= 15 is 0 Å². The fraction of sp³-hybridized carbons (Fsp3) is 0.444. The molecule has 0 bridgehead atoms. The Hall–Kier alpha value is -0.366. The van der Waals surface area contributed by atoms with Gasteiger partial charge in [0.2, 0.25) is 0 Å². The Morgan fingerprint density at radius 1 is 0.429 bits per heavy atom. The third-order valence-electron chi connectivity index (χ3n) is 6.54. The Kier molecular flexibility index (Phi) is 11.6. The Morgan fingerprint density at radius 3 is 0.643 bits per heavy atom. The zero-order valence-electron chi connectivity index (χ0n) is 20.1. The second-order valence-corrected chi connectivity index (χ2v) is 8.28. The Bertz CT molecular complexity index is 707. The molecule has 0 aliphatic heterocycles. The molecule has 3 aromatic rings. The smallest absolute Gasteiger partial charge is 0.199 e. The van der Waals surface area contributed by atoms with Crippen molar-refractivity contribution in [2.45, 2.75) is 83.1 Å². The molecule has 0 aliphatic rings. The summed E-state index contributed by atoms with van der Waals surface area (Å²) >= 11 is 0. The molecule has 0 aliphatic carbocycles. The van der Waals surface area contributed by atoms with Crippen molar-refractivity contribution in [3.05, 3.63) is 85.0 Å². The minimum Gasteiger partial charge on any atom is -0.199 e. The van der Waals surface area contributed by atoms with Crippen LogP contribution in [0, 0.1) is 132 Å². The van der Waals surface area contributed by atoms with Crippen molar-refractivity contribution in [3.8, 4) is 0 Å². The van der Waals surface area contributed by atoms with Gasteiger partial charge < -0.3 is 0 Å². The van der Waals surface area contributed by atoms with Gasteiger partial charge in [0, 0.05) is 0 Å². The quantitative estimate of drug-likeness (QED) is 0.267. The van der Waals surface area contributed by atoms with E-state index in [-0.39, 0.29) is 49.4 Å². The van der Waals surface area contributed by atoms with E-state index in [1.165, 1.54) is 66.8 Å². The summed E-state index contributed by atoms with van der Waals surface area (Å²) < 4.78 is 0. The molecule has 28 heavy (non-hydrogen) atoms. The summed E-state index contributed by atoms with van der Waals surface area (Å²) in [4.78, 5) is 0. The summed E-state index contributed by atoms with van der Waals surface area (Å²) in [6, 6.07) is 6.72. The largest absolute Gasteiger partial charge is 3.00 e.